The van der Waals surface area contributed by atoms with Crippen molar-refractivity contribution in [1.82, 2.24) is 0 Å². The van der Waals surface area contributed by atoms with Crippen molar-refractivity contribution in [3.05, 3.63) is 11.8 Å². The van der Waals surface area contributed by atoms with Crippen molar-refractivity contribution in [1.29, 1.82) is 0 Å². The summed E-state index contributed by atoms with van der Waals surface area (Å²) in [5.41, 5.74) is 0. The molecule has 0 heterocycles. The average Bonchev–Trinajstić information content (AvgIpc) is 2.54. The van der Waals surface area contributed by atoms with Gasteiger partial charge in [0.15, 0.2) is 0 Å². The molecule has 88 valence electrons. The molecule has 0 amide bonds. The Bertz CT molecular complexity index is 205. The third kappa shape index (κ3) is 3.60. The van der Waals surface area contributed by atoms with Crippen LogP contribution in [0.15, 0.2) is 11.8 Å². The highest BCUT2D eigenvalue weighted by molar-refractivity contribution is 6.53. The van der Waals surface area contributed by atoms with Crippen molar-refractivity contribution in [2.45, 2.75) is 32.1 Å². The molecule has 0 fully saturated rings. The molecular weight excluding hydrogens is 212 g/mol. The van der Waals surface area contributed by atoms with Gasteiger partial charge in [-0.25, -0.2) is 0 Å². The molecular formula is C10H20O4Si. The van der Waals surface area contributed by atoms with Crippen LogP contribution in [0, 0.1) is 0 Å². The second-order valence-corrected chi connectivity index (χ2v) is 5.91. The zero-order chi connectivity index (χ0) is 11.1. The van der Waals surface area contributed by atoms with E-state index in [0.29, 0.717) is 0 Å². The van der Waals surface area contributed by atoms with E-state index < -0.39 is 9.05 Å². The van der Waals surface area contributed by atoms with E-state index in [1.165, 1.54) is 12.8 Å². The molecule has 0 unspecified atom stereocenters. The van der Waals surface area contributed by atoms with Crippen molar-refractivity contribution in [2.24, 2.45) is 0 Å². The van der Waals surface area contributed by atoms with Crippen LogP contribution in [-0.2, 0) is 17.7 Å². The van der Waals surface area contributed by atoms with E-state index in [-0.39, 0.29) is 0 Å². The first-order valence-corrected chi connectivity index (χ1v) is 6.93. The van der Waals surface area contributed by atoms with E-state index in [1.807, 2.05) is 0 Å². The molecule has 1 rings (SSSR count). The molecule has 1 aliphatic carbocycles. The molecule has 0 saturated carbocycles. The third-order valence-corrected chi connectivity index (χ3v) is 4.52. The molecule has 1 aliphatic rings. The lowest BCUT2D eigenvalue weighted by atomic mass is 10.2. The van der Waals surface area contributed by atoms with Crippen LogP contribution in [0.3, 0.4) is 0 Å². The van der Waals surface area contributed by atoms with Gasteiger partial charge in [0.1, 0.15) is 0 Å². The SMILES string of the molecule is CO[Si](OC)(OC)OC1=CCCCCC1. The van der Waals surface area contributed by atoms with Gasteiger partial charge in [-0.2, -0.15) is 0 Å². The monoisotopic (exact) mass is 232 g/mol. The van der Waals surface area contributed by atoms with Gasteiger partial charge in [0.25, 0.3) is 0 Å². The summed E-state index contributed by atoms with van der Waals surface area (Å²) in [6, 6.07) is 0. The molecule has 0 saturated heterocycles. The molecule has 5 heteroatoms. The lowest BCUT2D eigenvalue weighted by molar-refractivity contribution is 0.0252. The molecule has 0 aromatic rings. The summed E-state index contributed by atoms with van der Waals surface area (Å²) in [5, 5.41) is 0. The van der Waals surface area contributed by atoms with Crippen molar-refractivity contribution in [3.63, 3.8) is 0 Å². The van der Waals surface area contributed by atoms with Crippen LogP contribution in [0.5, 0.6) is 0 Å². The van der Waals surface area contributed by atoms with Gasteiger partial charge < -0.3 is 17.7 Å². The smallest absolute Gasteiger partial charge is 0.484 e. The average molecular weight is 232 g/mol. The summed E-state index contributed by atoms with van der Waals surface area (Å²) in [7, 11) is 1.76. The van der Waals surface area contributed by atoms with Gasteiger partial charge in [0.2, 0.25) is 0 Å². The summed E-state index contributed by atoms with van der Waals surface area (Å²) in [5.74, 6) is 0.949. The molecule has 15 heavy (non-hydrogen) atoms. The third-order valence-electron chi connectivity index (χ3n) is 2.51. The van der Waals surface area contributed by atoms with Crippen LogP contribution >= 0.6 is 0 Å². The fourth-order valence-corrected chi connectivity index (χ4v) is 2.87. The van der Waals surface area contributed by atoms with Crippen LogP contribution in [0.25, 0.3) is 0 Å². The predicted molar refractivity (Wildman–Crippen MR) is 59.0 cm³/mol. The molecule has 0 bridgehead atoms. The van der Waals surface area contributed by atoms with Gasteiger partial charge in [-0.05, 0) is 25.3 Å². The second-order valence-electron chi connectivity index (χ2n) is 3.48. The van der Waals surface area contributed by atoms with Crippen LogP contribution in [0.4, 0.5) is 0 Å². The Labute approximate surface area is 92.7 Å². The lowest BCUT2D eigenvalue weighted by Crippen LogP contribution is -2.46. The molecule has 0 spiro atoms. The predicted octanol–water partition coefficient (Wildman–Crippen LogP) is 2.23. The molecule has 0 N–H and O–H groups in total. The van der Waals surface area contributed by atoms with Gasteiger partial charge in [0.05, 0.1) is 5.76 Å². The highest BCUT2D eigenvalue weighted by Crippen LogP contribution is 2.22. The number of hydrogen-bond acceptors (Lipinski definition) is 4. The maximum Gasteiger partial charge on any atom is 0.748 e. The number of hydrogen-bond donors (Lipinski definition) is 0. The number of rotatable bonds is 5. The second kappa shape index (κ2) is 6.27. The summed E-state index contributed by atoms with van der Waals surface area (Å²) < 4.78 is 21.4. The molecule has 0 aromatic carbocycles. The maximum absolute atomic E-state index is 5.74. The minimum absolute atomic E-state index is 0.949. The minimum Gasteiger partial charge on any atom is -0.484 e. The highest BCUT2D eigenvalue weighted by Gasteiger charge is 2.45. The van der Waals surface area contributed by atoms with E-state index in [1.54, 1.807) is 21.3 Å². The van der Waals surface area contributed by atoms with E-state index in [0.717, 1.165) is 25.0 Å². The molecule has 0 atom stereocenters. The first-order chi connectivity index (χ1) is 7.26. The van der Waals surface area contributed by atoms with E-state index in [4.69, 9.17) is 17.7 Å². The van der Waals surface area contributed by atoms with Crippen LogP contribution in [-0.4, -0.2) is 30.4 Å². The van der Waals surface area contributed by atoms with Crippen molar-refractivity contribution in [2.75, 3.05) is 21.3 Å². The van der Waals surface area contributed by atoms with E-state index in [9.17, 15) is 0 Å². The maximum atomic E-state index is 5.74. The van der Waals surface area contributed by atoms with E-state index >= 15 is 0 Å². The zero-order valence-electron chi connectivity index (χ0n) is 9.75. The summed E-state index contributed by atoms with van der Waals surface area (Å²) in [6.07, 6.45) is 7.78. The van der Waals surface area contributed by atoms with Gasteiger partial charge in [-0.3, -0.25) is 0 Å². The van der Waals surface area contributed by atoms with E-state index in [2.05, 4.69) is 6.08 Å². The normalized spacial score (nSPS) is 18.2. The zero-order valence-corrected chi connectivity index (χ0v) is 10.7. The topological polar surface area (TPSA) is 36.9 Å². The molecule has 0 aromatic heterocycles. The van der Waals surface area contributed by atoms with Crippen LogP contribution in [0.1, 0.15) is 32.1 Å². The molecule has 0 aliphatic heterocycles. The summed E-state index contributed by atoms with van der Waals surface area (Å²) in [6.45, 7) is 0. The number of allylic oxidation sites excluding steroid dienone is 2. The van der Waals surface area contributed by atoms with Crippen molar-refractivity contribution >= 4 is 9.05 Å². The quantitative estimate of drug-likeness (QED) is 0.681. The van der Waals surface area contributed by atoms with Crippen LogP contribution < -0.4 is 0 Å². The fourth-order valence-electron chi connectivity index (χ4n) is 1.61. The van der Waals surface area contributed by atoms with Gasteiger partial charge in [-0.15, -0.1) is 0 Å². The Kier molecular flexibility index (Phi) is 5.31. The van der Waals surface area contributed by atoms with Crippen molar-refractivity contribution < 1.29 is 17.7 Å². The Morgan fingerprint density at radius 3 is 2.27 bits per heavy atom. The van der Waals surface area contributed by atoms with Gasteiger partial charge in [0, 0.05) is 27.8 Å². The van der Waals surface area contributed by atoms with Crippen molar-refractivity contribution in [3.8, 4) is 0 Å². The molecule has 4 nitrogen and oxygen atoms in total. The first kappa shape index (κ1) is 12.7. The Hall–Kier alpha value is -0.363. The molecule has 0 radical (unpaired) electrons. The minimum atomic E-state index is -2.90. The largest absolute Gasteiger partial charge is 0.748 e. The highest BCUT2D eigenvalue weighted by atomic mass is 28.4. The standard InChI is InChI=1S/C10H20O4Si/c1-11-15(12-2,13-3)14-10-8-6-4-5-7-9-10/h8H,4-7,9H2,1-3H3. The fraction of sp³-hybridized carbons (Fsp3) is 0.800. The lowest BCUT2D eigenvalue weighted by Gasteiger charge is -2.24. The Morgan fingerprint density at radius 1 is 1.00 bits per heavy atom. The first-order valence-electron chi connectivity index (χ1n) is 5.30. The van der Waals surface area contributed by atoms with Gasteiger partial charge in [-0.1, -0.05) is 6.42 Å². The Balaban J connectivity index is 2.59. The summed E-state index contributed by atoms with van der Waals surface area (Å²) in [4.78, 5) is 0. The van der Waals surface area contributed by atoms with Gasteiger partial charge >= 0.3 is 9.05 Å². The summed E-state index contributed by atoms with van der Waals surface area (Å²) >= 11 is 0. The van der Waals surface area contributed by atoms with Crippen LogP contribution in [0.2, 0.25) is 0 Å². The Morgan fingerprint density at radius 2 is 1.67 bits per heavy atom.